The van der Waals surface area contributed by atoms with Gasteiger partial charge in [-0.05, 0) is 26.2 Å². The van der Waals surface area contributed by atoms with Crippen molar-refractivity contribution in [2.75, 3.05) is 17.2 Å². The molecule has 3 rings (SSSR count). The van der Waals surface area contributed by atoms with Crippen LogP contribution in [0, 0.1) is 0 Å². The number of aromatic nitrogens is 4. The number of aromatic amines is 1. The molecule has 0 atom stereocenters. The van der Waals surface area contributed by atoms with Crippen molar-refractivity contribution in [3.05, 3.63) is 6.20 Å². The molecule has 0 unspecified atom stereocenters. The van der Waals surface area contributed by atoms with Crippen molar-refractivity contribution in [3.8, 4) is 0 Å². The van der Waals surface area contributed by atoms with E-state index < -0.39 is 0 Å². The van der Waals surface area contributed by atoms with Crippen molar-refractivity contribution in [1.82, 2.24) is 20.2 Å². The molecule has 1 saturated carbocycles. The average Bonchev–Trinajstić information content (AvgIpc) is 2.71. The van der Waals surface area contributed by atoms with Crippen LogP contribution in [0.2, 0.25) is 0 Å². The smallest absolute Gasteiger partial charge is 0.226 e. The molecule has 2 aromatic rings. The number of nitrogens with one attached hydrogen (secondary N) is 3. The quantitative estimate of drug-likeness (QED) is 0.748. The Morgan fingerprint density at radius 2 is 2.29 bits per heavy atom. The SMILES string of the molecule is CCNc1nc(NC2CCC2)c2cn[nH]c2n1. The van der Waals surface area contributed by atoms with Crippen molar-refractivity contribution < 1.29 is 0 Å². The van der Waals surface area contributed by atoms with E-state index in [1.165, 1.54) is 19.3 Å². The third kappa shape index (κ3) is 1.90. The van der Waals surface area contributed by atoms with Crippen molar-refractivity contribution in [1.29, 1.82) is 0 Å². The van der Waals surface area contributed by atoms with Gasteiger partial charge in [-0.3, -0.25) is 5.10 Å². The zero-order valence-electron chi connectivity index (χ0n) is 9.82. The van der Waals surface area contributed by atoms with Crippen LogP contribution < -0.4 is 10.6 Å². The molecule has 0 bridgehead atoms. The molecular formula is C11H16N6. The van der Waals surface area contributed by atoms with Crippen LogP contribution in [0.1, 0.15) is 26.2 Å². The lowest BCUT2D eigenvalue weighted by Crippen LogP contribution is -2.27. The summed E-state index contributed by atoms with van der Waals surface area (Å²) in [5.41, 5.74) is 0.776. The monoisotopic (exact) mass is 232 g/mol. The molecule has 0 aromatic carbocycles. The first-order valence-electron chi connectivity index (χ1n) is 6.08. The first-order valence-corrected chi connectivity index (χ1v) is 6.08. The molecule has 0 amide bonds. The molecular weight excluding hydrogens is 216 g/mol. The molecule has 2 heterocycles. The zero-order valence-corrected chi connectivity index (χ0v) is 9.82. The van der Waals surface area contributed by atoms with Gasteiger partial charge < -0.3 is 10.6 Å². The van der Waals surface area contributed by atoms with Gasteiger partial charge in [0.05, 0.1) is 11.6 Å². The number of hydrogen-bond donors (Lipinski definition) is 3. The summed E-state index contributed by atoms with van der Waals surface area (Å²) in [6.07, 6.45) is 5.52. The molecule has 1 aliphatic carbocycles. The topological polar surface area (TPSA) is 78.5 Å². The first kappa shape index (κ1) is 10.3. The molecule has 0 radical (unpaired) electrons. The molecule has 90 valence electrons. The normalized spacial score (nSPS) is 15.8. The fraction of sp³-hybridized carbons (Fsp3) is 0.545. The molecule has 1 fully saturated rings. The molecule has 6 nitrogen and oxygen atoms in total. The van der Waals surface area contributed by atoms with Crippen LogP contribution in [0.15, 0.2) is 6.20 Å². The number of hydrogen-bond acceptors (Lipinski definition) is 5. The van der Waals surface area contributed by atoms with Gasteiger partial charge >= 0.3 is 0 Å². The number of fused-ring (bicyclic) bond motifs is 1. The lowest BCUT2D eigenvalue weighted by molar-refractivity contribution is 0.445. The van der Waals surface area contributed by atoms with Crippen LogP contribution in [-0.4, -0.2) is 32.8 Å². The maximum atomic E-state index is 4.49. The Morgan fingerprint density at radius 1 is 1.41 bits per heavy atom. The van der Waals surface area contributed by atoms with Crippen LogP contribution in [0.25, 0.3) is 11.0 Å². The van der Waals surface area contributed by atoms with Gasteiger partial charge in [0.25, 0.3) is 0 Å². The standard InChI is InChI=1S/C11H16N6/c1-2-12-11-15-9(14-7-4-3-5-7)8-6-13-17-10(8)16-11/h6-7H,2-5H2,1H3,(H3,12,13,14,15,16,17). The number of H-pyrrole nitrogens is 1. The van der Waals surface area contributed by atoms with Gasteiger partial charge in [0.15, 0.2) is 5.65 Å². The predicted molar refractivity (Wildman–Crippen MR) is 67.1 cm³/mol. The molecule has 17 heavy (non-hydrogen) atoms. The number of rotatable bonds is 4. The lowest BCUT2D eigenvalue weighted by atomic mass is 9.93. The first-order chi connectivity index (χ1) is 8.36. The van der Waals surface area contributed by atoms with E-state index in [4.69, 9.17) is 0 Å². The van der Waals surface area contributed by atoms with Gasteiger partial charge in [0, 0.05) is 12.6 Å². The highest BCUT2D eigenvalue weighted by molar-refractivity contribution is 5.87. The summed E-state index contributed by atoms with van der Waals surface area (Å²) in [5.74, 6) is 1.52. The molecule has 1 aliphatic rings. The highest BCUT2D eigenvalue weighted by atomic mass is 15.2. The van der Waals surface area contributed by atoms with E-state index in [9.17, 15) is 0 Å². The predicted octanol–water partition coefficient (Wildman–Crippen LogP) is 1.75. The Balaban J connectivity index is 1.96. The minimum Gasteiger partial charge on any atom is -0.367 e. The molecule has 0 saturated heterocycles. The summed E-state index contributed by atoms with van der Waals surface area (Å²) >= 11 is 0. The molecule has 3 N–H and O–H groups in total. The van der Waals surface area contributed by atoms with Crippen LogP contribution in [0.4, 0.5) is 11.8 Å². The van der Waals surface area contributed by atoms with Crippen molar-refractivity contribution in [3.63, 3.8) is 0 Å². The Labute approximate surface area is 99.2 Å². The van der Waals surface area contributed by atoms with Gasteiger partial charge in [-0.15, -0.1) is 0 Å². The summed E-state index contributed by atoms with van der Waals surface area (Å²) < 4.78 is 0. The van der Waals surface area contributed by atoms with Gasteiger partial charge in [-0.2, -0.15) is 15.1 Å². The van der Waals surface area contributed by atoms with E-state index in [0.29, 0.717) is 12.0 Å². The maximum absolute atomic E-state index is 4.49. The Bertz CT molecular complexity index is 516. The third-order valence-electron chi connectivity index (χ3n) is 3.09. The van der Waals surface area contributed by atoms with E-state index >= 15 is 0 Å². The zero-order chi connectivity index (χ0) is 11.7. The maximum Gasteiger partial charge on any atom is 0.226 e. The molecule has 2 aromatic heterocycles. The van der Waals surface area contributed by atoms with E-state index in [1.54, 1.807) is 6.20 Å². The number of nitrogens with zero attached hydrogens (tertiary/aromatic N) is 3. The second-order valence-corrected chi connectivity index (χ2v) is 4.33. The fourth-order valence-corrected chi connectivity index (χ4v) is 1.93. The highest BCUT2D eigenvalue weighted by Gasteiger charge is 2.19. The Kier molecular flexibility index (Phi) is 2.55. The van der Waals surface area contributed by atoms with E-state index in [0.717, 1.165) is 23.4 Å². The highest BCUT2D eigenvalue weighted by Crippen LogP contribution is 2.26. The minimum absolute atomic E-state index is 0.553. The van der Waals surface area contributed by atoms with Gasteiger partial charge in [-0.25, -0.2) is 0 Å². The van der Waals surface area contributed by atoms with Crippen molar-refractivity contribution >= 4 is 22.8 Å². The second kappa shape index (κ2) is 4.20. The Morgan fingerprint density at radius 3 is 3.00 bits per heavy atom. The number of anilines is 2. The van der Waals surface area contributed by atoms with E-state index in [-0.39, 0.29) is 0 Å². The fourth-order valence-electron chi connectivity index (χ4n) is 1.93. The molecule has 6 heteroatoms. The second-order valence-electron chi connectivity index (χ2n) is 4.33. The van der Waals surface area contributed by atoms with Crippen LogP contribution in [-0.2, 0) is 0 Å². The third-order valence-corrected chi connectivity index (χ3v) is 3.09. The van der Waals surface area contributed by atoms with Crippen molar-refractivity contribution in [2.45, 2.75) is 32.2 Å². The largest absolute Gasteiger partial charge is 0.367 e. The van der Waals surface area contributed by atoms with Crippen LogP contribution in [0.5, 0.6) is 0 Å². The summed E-state index contributed by atoms with van der Waals surface area (Å²) in [6.45, 7) is 2.84. The van der Waals surface area contributed by atoms with Gasteiger partial charge in [0.2, 0.25) is 5.95 Å². The summed E-state index contributed by atoms with van der Waals surface area (Å²) in [6, 6.07) is 0.553. The summed E-state index contributed by atoms with van der Waals surface area (Å²) in [4.78, 5) is 8.85. The van der Waals surface area contributed by atoms with Crippen molar-refractivity contribution in [2.24, 2.45) is 0 Å². The van der Waals surface area contributed by atoms with E-state index in [2.05, 4.69) is 30.8 Å². The van der Waals surface area contributed by atoms with Gasteiger partial charge in [-0.1, -0.05) is 0 Å². The van der Waals surface area contributed by atoms with Crippen LogP contribution >= 0.6 is 0 Å². The minimum atomic E-state index is 0.553. The Hall–Kier alpha value is -1.85. The average molecular weight is 232 g/mol. The summed E-state index contributed by atoms with van der Waals surface area (Å²) in [7, 11) is 0. The molecule has 0 spiro atoms. The molecule has 0 aliphatic heterocycles. The van der Waals surface area contributed by atoms with Crippen LogP contribution in [0.3, 0.4) is 0 Å². The van der Waals surface area contributed by atoms with E-state index in [1.807, 2.05) is 6.92 Å². The van der Waals surface area contributed by atoms with Gasteiger partial charge in [0.1, 0.15) is 5.82 Å². The lowest BCUT2D eigenvalue weighted by Gasteiger charge is -2.27. The summed E-state index contributed by atoms with van der Waals surface area (Å²) in [5, 5.41) is 14.4.